The highest BCUT2D eigenvalue weighted by molar-refractivity contribution is 5.92. The van der Waals surface area contributed by atoms with E-state index in [0.717, 1.165) is 33.5 Å². The van der Waals surface area contributed by atoms with Crippen LogP contribution in [0.25, 0.3) is 10.8 Å². The summed E-state index contributed by atoms with van der Waals surface area (Å²) in [5.41, 5.74) is 9.97. The second-order valence-corrected chi connectivity index (χ2v) is 5.16. The van der Waals surface area contributed by atoms with Crippen LogP contribution in [0.1, 0.15) is 16.8 Å². The molecule has 0 bridgehead atoms. The molecule has 0 spiro atoms. The van der Waals surface area contributed by atoms with Gasteiger partial charge < -0.3 is 11.1 Å². The Balaban J connectivity index is 1.92. The summed E-state index contributed by atoms with van der Waals surface area (Å²) >= 11 is 0. The van der Waals surface area contributed by atoms with Crippen molar-refractivity contribution in [2.24, 2.45) is 0 Å². The molecular weight excluding hydrogens is 260 g/mol. The van der Waals surface area contributed by atoms with Crippen molar-refractivity contribution in [3.63, 3.8) is 0 Å². The molecular formula is C17H18N4. The number of hydrogen-bond donors (Lipinski definition) is 2. The number of rotatable bonds is 3. The fourth-order valence-corrected chi connectivity index (χ4v) is 2.44. The molecule has 0 fully saturated rings. The van der Waals surface area contributed by atoms with Crippen LogP contribution < -0.4 is 11.1 Å². The van der Waals surface area contributed by atoms with Crippen LogP contribution in [0.15, 0.2) is 42.5 Å². The summed E-state index contributed by atoms with van der Waals surface area (Å²) in [7, 11) is 0. The van der Waals surface area contributed by atoms with Gasteiger partial charge in [-0.05, 0) is 31.0 Å². The fraction of sp³-hybridized carbons (Fsp3) is 0.176. The first-order chi connectivity index (χ1) is 10.2. The molecule has 21 heavy (non-hydrogen) atoms. The van der Waals surface area contributed by atoms with Crippen LogP contribution in [0, 0.1) is 13.8 Å². The summed E-state index contributed by atoms with van der Waals surface area (Å²) in [5, 5.41) is 14.1. The number of hydrogen-bond acceptors (Lipinski definition) is 4. The highest BCUT2D eigenvalue weighted by Gasteiger charge is 2.07. The first-order valence-electron chi connectivity index (χ1n) is 6.96. The van der Waals surface area contributed by atoms with Crippen molar-refractivity contribution >= 4 is 22.3 Å². The standard InChI is InChI=1S/C17H18N4/c1-11-13(6-5-9-16(11)18)10-19-17-15-8-4-3-7-14(15)12(2)20-21-17/h3-9H,10,18H2,1-2H3,(H,19,21). The quantitative estimate of drug-likeness (QED) is 0.720. The highest BCUT2D eigenvalue weighted by atomic mass is 15.2. The van der Waals surface area contributed by atoms with E-state index in [-0.39, 0.29) is 0 Å². The first kappa shape index (κ1) is 13.4. The van der Waals surface area contributed by atoms with Crippen molar-refractivity contribution in [2.75, 3.05) is 11.1 Å². The molecule has 4 heteroatoms. The third-order valence-corrected chi connectivity index (χ3v) is 3.81. The molecule has 0 saturated heterocycles. The summed E-state index contributed by atoms with van der Waals surface area (Å²) in [6, 6.07) is 14.1. The van der Waals surface area contributed by atoms with Gasteiger partial charge in [-0.3, -0.25) is 0 Å². The number of nitrogens with one attached hydrogen (secondary N) is 1. The number of benzene rings is 2. The van der Waals surface area contributed by atoms with Gasteiger partial charge in [0.1, 0.15) is 0 Å². The number of nitrogens with two attached hydrogens (primary N) is 1. The van der Waals surface area contributed by atoms with E-state index in [2.05, 4.69) is 33.7 Å². The zero-order valence-corrected chi connectivity index (χ0v) is 12.2. The Bertz CT molecular complexity index is 796. The number of nitrogen functional groups attached to an aromatic ring is 1. The summed E-state index contributed by atoms with van der Waals surface area (Å²) in [6.45, 7) is 4.69. The van der Waals surface area contributed by atoms with Crippen LogP contribution in [0.4, 0.5) is 11.5 Å². The van der Waals surface area contributed by atoms with Gasteiger partial charge in [-0.2, -0.15) is 5.10 Å². The van der Waals surface area contributed by atoms with E-state index in [4.69, 9.17) is 5.73 Å². The van der Waals surface area contributed by atoms with Gasteiger partial charge in [-0.25, -0.2) is 0 Å². The molecule has 3 aromatic rings. The average molecular weight is 278 g/mol. The van der Waals surface area contributed by atoms with Crippen LogP contribution in [0.2, 0.25) is 0 Å². The van der Waals surface area contributed by atoms with Crippen LogP contribution in [-0.2, 0) is 6.54 Å². The van der Waals surface area contributed by atoms with E-state index < -0.39 is 0 Å². The molecule has 0 aliphatic heterocycles. The summed E-state index contributed by atoms with van der Waals surface area (Å²) in [6.07, 6.45) is 0. The van der Waals surface area contributed by atoms with Gasteiger partial charge in [0.05, 0.1) is 5.69 Å². The predicted molar refractivity (Wildman–Crippen MR) is 87.2 cm³/mol. The van der Waals surface area contributed by atoms with Gasteiger partial charge in [0.15, 0.2) is 5.82 Å². The molecule has 1 heterocycles. The van der Waals surface area contributed by atoms with E-state index in [1.165, 1.54) is 5.56 Å². The van der Waals surface area contributed by atoms with Gasteiger partial charge >= 0.3 is 0 Å². The molecule has 0 aliphatic rings. The van der Waals surface area contributed by atoms with Crippen molar-refractivity contribution in [1.29, 1.82) is 0 Å². The van der Waals surface area contributed by atoms with Crippen molar-refractivity contribution in [1.82, 2.24) is 10.2 Å². The van der Waals surface area contributed by atoms with Crippen molar-refractivity contribution in [2.45, 2.75) is 20.4 Å². The van der Waals surface area contributed by atoms with E-state index >= 15 is 0 Å². The van der Waals surface area contributed by atoms with Crippen molar-refractivity contribution in [3.05, 3.63) is 59.3 Å². The van der Waals surface area contributed by atoms with Crippen LogP contribution >= 0.6 is 0 Å². The Morgan fingerprint density at radius 3 is 2.52 bits per heavy atom. The molecule has 0 atom stereocenters. The zero-order chi connectivity index (χ0) is 14.8. The SMILES string of the molecule is Cc1c(N)cccc1CNc1nnc(C)c2ccccc12. The Kier molecular flexibility index (Phi) is 3.44. The van der Waals surface area contributed by atoms with E-state index in [0.29, 0.717) is 6.54 Å². The molecule has 4 nitrogen and oxygen atoms in total. The number of nitrogens with zero attached hydrogens (tertiary/aromatic N) is 2. The molecule has 0 aliphatic carbocycles. The number of aryl methyl sites for hydroxylation is 1. The monoisotopic (exact) mass is 278 g/mol. The number of fused-ring (bicyclic) bond motifs is 1. The Morgan fingerprint density at radius 1 is 0.952 bits per heavy atom. The van der Waals surface area contributed by atoms with Crippen molar-refractivity contribution in [3.8, 4) is 0 Å². The van der Waals surface area contributed by atoms with Gasteiger partial charge in [0, 0.05) is 23.0 Å². The molecule has 3 N–H and O–H groups in total. The highest BCUT2D eigenvalue weighted by Crippen LogP contribution is 2.23. The van der Waals surface area contributed by atoms with Gasteiger partial charge in [-0.15, -0.1) is 5.10 Å². The molecule has 2 aromatic carbocycles. The van der Waals surface area contributed by atoms with Gasteiger partial charge in [0.25, 0.3) is 0 Å². The molecule has 106 valence electrons. The fourth-order valence-electron chi connectivity index (χ4n) is 2.44. The van der Waals surface area contributed by atoms with Gasteiger partial charge in [-0.1, -0.05) is 36.4 Å². The molecule has 0 radical (unpaired) electrons. The maximum Gasteiger partial charge on any atom is 0.156 e. The zero-order valence-electron chi connectivity index (χ0n) is 12.2. The van der Waals surface area contributed by atoms with Crippen LogP contribution in [-0.4, -0.2) is 10.2 Å². The summed E-state index contributed by atoms with van der Waals surface area (Å²) in [4.78, 5) is 0. The molecule has 0 unspecified atom stereocenters. The lowest BCUT2D eigenvalue weighted by atomic mass is 10.1. The Hall–Kier alpha value is -2.62. The average Bonchev–Trinajstić information content (AvgIpc) is 2.51. The van der Waals surface area contributed by atoms with Gasteiger partial charge in [0.2, 0.25) is 0 Å². The Labute approximate surface area is 124 Å². The molecule has 1 aromatic heterocycles. The summed E-state index contributed by atoms with van der Waals surface area (Å²) < 4.78 is 0. The summed E-state index contributed by atoms with van der Waals surface area (Å²) in [5.74, 6) is 0.804. The molecule has 0 saturated carbocycles. The predicted octanol–water partition coefficient (Wildman–Crippen LogP) is 3.44. The third kappa shape index (κ3) is 2.52. The van der Waals surface area contributed by atoms with Crippen LogP contribution in [0.5, 0.6) is 0 Å². The number of anilines is 2. The smallest absolute Gasteiger partial charge is 0.156 e. The van der Waals surface area contributed by atoms with Crippen LogP contribution in [0.3, 0.4) is 0 Å². The molecule has 3 rings (SSSR count). The maximum atomic E-state index is 5.94. The van der Waals surface area contributed by atoms with E-state index in [1.54, 1.807) is 0 Å². The first-order valence-corrected chi connectivity index (χ1v) is 6.96. The maximum absolute atomic E-state index is 5.94. The minimum atomic E-state index is 0.679. The second-order valence-electron chi connectivity index (χ2n) is 5.16. The lowest BCUT2D eigenvalue weighted by Crippen LogP contribution is -2.06. The topological polar surface area (TPSA) is 63.8 Å². The molecule has 0 amide bonds. The minimum Gasteiger partial charge on any atom is -0.399 e. The largest absolute Gasteiger partial charge is 0.399 e. The minimum absolute atomic E-state index is 0.679. The number of aromatic nitrogens is 2. The van der Waals surface area contributed by atoms with E-state index in [1.807, 2.05) is 38.1 Å². The van der Waals surface area contributed by atoms with Crippen molar-refractivity contribution < 1.29 is 0 Å². The second kappa shape index (κ2) is 5.40. The lowest BCUT2D eigenvalue weighted by molar-refractivity contribution is 0.980. The lowest BCUT2D eigenvalue weighted by Gasteiger charge is -2.12. The van der Waals surface area contributed by atoms with E-state index in [9.17, 15) is 0 Å². The third-order valence-electron chi connectivity index (χ3n) is 3.81. The normalized spacial score (nSPS) is 10.8. The Morgan fingerprint density at radius 2 is 1.71 bits per heavy atom.